The monoisotopic (exact) mass is 207 g/mol. The number of nitrogens with zero attached hydrogens (tertiary/aromatic N) is 1. The summed E-state index contributed by atoms with van der Waals surface area (Å²) in [6.07, 6.45) is 2.14. The summed E-state index contributed by atoms with van der Waals surface area (Å²) in [4.78, 5) is 2.30. The standard InChI is InChI=1S/C8H17NO3S/c1-3-9-5-4-8(6-9)7-12-13(2,10)11/h8H,3-7H2,1-2H3/t8-/m0/s1. The van der Waals surface area contributed by atoms with Crippen LogP contribution in [0.5, 0.6) is 0 Å². The van der Waals surface area contributed by atoms with Gasteiger partial charge in [0.15, 0.2) is 0 Å². The molecule has 0 unspecified atom stereocenters. The molecule has 1 atom stereocenters. The van der Waals surface area contributed by atoms with Crippen molar-refractivity contribution in [3.63, 3.8) is 0 Å². The first kappa shape index (κ1) is 10.9. The normalized spacial score (nSPS) is 25.2. The van der Waals surface area contributed by atoms with Crippen molar-refractivity contribution in [3.05, 3.63) is 0 Å². The molecule has 1 heterocycles. The molecule has 1 rings (SSSR count). The molecular formula is C8H17NO3S. The average Bonchev–Trinajstić information content (AvgIpc) is 2.47. The Morgan fingerprint density at radius 1 is 1.54 bits per heavy atom. The van der Waals surface area contributed by atoms with Crippen molar-refractivity contribution < 1.29 is 12.6 Å². The maximum atomic E-state index is 10.7. The average molecular weight is 207 g/mol. The molecule has 0 saturated carbocycles. The van der Waals surface area contributed by atoms with E-state index in [4.69, 9.17) is 4.18 Å². The Kier molecular flexibility index (Phi) is 3.70. The van der Waals surface area contributed by atoms with Crippen LogP contribution in [0.3, 0.4) is 0 Å². The topological polar surface area (TPSA) is 46.6 Å². The fraction of sp³-hybridized carbons (Fsp3) is 1.00. The zero-order valence-electron chi connectivity index (χ0n) is 8.19. The van der Waals surface area contributed by atoms with Gasteiger partial charge in [0.25, 0.3) is 10.1 Å². The van der Waals surface area contributed by atoms with Crippen LogP contribution in [0.2, 0.25) is 0 Å². The molecule has 13 heavy (non-hydrogen) atoms. The highest BCUT2D eigenvalue weighted by Crippen LogP contribution is 2.16. The molecule has 0 radical (unpaired) electrons. The third-order valence-corrected chi connectivity index (χ3v) is 2.90. The van der Waals surface area contributed by atoms with Gasteiger partial charge in [-0.05, 0) is 25.4 Å². The molecule has 0 aromatic rings. The van der Waals surface area contributed by atoms with Crippen LogP contribution in [0, 0.1) is 5.92 Å². The second-order valence-corrected chi connectivity index (χ2v) is 5.18. The van der Waals surface area contributed by atoms with Crippen LogP contribution in [0.15, 0.2) is 0 Å². The molecule has 0 aromatic heterocycles. The van der Waals surface area contributed by atoms with Crippen LogP contribution in [0.4, 0.5) is 0 Å². The minimum atomic E-state index is -3.25. The Morgan fingerprint density at radius 3 is 2.69 bits per heavy atom. The number of hydrogen-bond donors (Lipinski definition) is 0. The lowest BCUT2D eigenvalue weighted by molar-refractivity contribution is 0.250. The highest BCUT2D eigenvalue weighted by Gasteiger charge is 2.22. The van der Waals surface area contributed by atoms with E-state index in [1.807, 2.05) is 0 Å². The smallest absolute Gasteiger partial charge is 0.264 e. The molecular weight excluding hydrogens is 190 g/mol. The lowest BCUT2D eigenvalue weighted by Crippen LogP contribution is -2.21. The van der Waals surface area contributed by atoms with Crippen molar-refractivity contribution in [2.45, 2.75) is 13.3 Å². The summed E-state index contributed by atoms with van der Waals surface area (Å²) in [6.45, 7) is 5.52. The summed E-state index contributed by atoms with van der Waals surface area (Å²) in [7, 11) is -3.25. The van der Waals surface area contributed by atoms with Gasteiger partial charge >= 0.3 is 0 Å². The van der Waals surface area contributed by atoms with E-state index >= 15 is 0 Å². The first-order valence-corrected chi connectivity index (χ1v) is 6.39. The maximum Gasteiger partial charge on any atom is 0.264 e. The van der Waals surface area contributed by atoms with Crippen LogP contribution in [0.1, 0.15) is 13.3 Å². The van der Waals surface area contributed by atoms with Crippen LogP contribution in [-0.2, 0) is 14.3 Å². The van der Waals surface area contributed by atoms with E-state index in [0.29, 0.717) is 12.5 Å². The van der Waals surface area contributed by atoms with Crippen molar-refractivity contribution in [2.75, 3.05) is 32.5 Å². The van der Waals surface area contributed by atoms with Crippen molar-refractivity contribution in [1.82, 2.24) is 4.90 Å². The third kappa shape index (κ3) is 4.06. The summed E-state index contributed by atoms with van der Waals surface area (Å²) in [6, 6.07) is 0. The number of rotatable bonds is 4. The summed E-state index contributed by atoms with van der Waals surface area (Å²) in [5.41, 5.74) is 0. The predicted molar refractivity (Wildman–Crippen MR) is 51.0 cm³/mol. The molecule has 4 nitrogen and oxygen atoms in total. The van der Waals surface area contributed by atoms with Gasteiger partial charge in [0.1, 0.15) is 0 Å². The van der Waals surface area contributed by atoms with Crippen molar-refractivity contribution in [2.24, 2.45) is 5.92 Å². The van der Waals surface area contributed by atoms with Crippen molar-refractivity contribution in [3.8, 4) is 0 Å². The molecule has 1 aliphatic heterocycles. The second-order valence-electron chi connectivity index (χ2n) is 3.54. The van der Waals surface area contributed by atoms with E-state index in [9.17, 15) is 8.42 Å². The van der Waals surface area contributed by atoms with E-state index in [1.165, 1.54) is 0 Å². The van der Waals surface area contributed by atoms with Gasteiger partial charge < -0.3 is 4.90 Å². The van der Waals surface area contributed by atoms with E-state index in [1.54, 1.807) is 0 Å². The first-order valence-electron chi connectivity index (χ1n) is 4.58. The molecule has 0 N–H and O–H groups in total. The van der Waals surface area contributed by atoms with Gasteiger partial charge in [0.05, 0.1) is 12.9 Å². The van der Waals surface area contributed by atoms with Gasteiger partial charge in [-0.2, -0.15) is 8.42 Å². The SMILES string of the molecule is CCN1CC[C@H](COS(C)(=O)=O)C1. The molecule has 1 aliphatic rings. The fourth-order valence-corrected chi connectivity index (χ4v) is 2.00. The summed E-state index contributed by atoms with van der Waals surface area (Å²) < 4.78 is 26.2. The Hall–Kier alpha value is -0.130. The summed E-state index contributed by atoms with van der Waals surface area (Å²) >= 11 is 0. The van der Waals surface area contributed by atoms with Gasteiger partial charge in [0, 0.05) is 6.54 Å². The molecule has 0 bridgehead atoms. The minimum absolute atomic E-state index is 0.343. The van der Waals surface area contributed by atoms with E-state index in [2.05, 4.69) is 11.8 Å². The number of hydrogen-bond acceptors (Lipinski definition) is 4. The minimum Gasteiger partial charge on any atom is -0.303 e. The quantitative estimate of drug-likeness (QED) is 0.622. The Labute approximate surface area is 80.0 Å². The Balaban J connectivity index is 2.25. The molecule has 5 heteroatoms. The van der Waals surface area contributed by atoms with E-state index in [0.717, 1.165) is 32.3 Å². The second kappa shape index (κ2) is 4.39. The zero-order chi connectivity index (χ0) is 9.90. The largest absolute Gasteiger partial charge is 0.303 e. The summed E-state index contributed by atoms with van der Waals surface area (Å²) in [5, 5.41) is 0. The molecule has 78 valence electrons. The zero-order valence-corrected chi connectivity index (χ0v) is 9.01. The molecule has 0 spiro atoms. The van der Waals surface area contributed by atoms with Crippen LogP contribution < -0.4 is 0 Å². The van der Waals surface area contributed by atoms with Crippen LogP contribution >= 0.6 is 0 Å². The van der Waals surface area contributed by atoms with Gasteiger partial charge in [-0.25, -0.2) is 0 Å². The van der Waals surface area contributed by atoms with Crippen LogP contribution in [0.25, 0.3) is 0 Å². The summed E-state index contributed by atoms with van der Waals surface area (Å²) in [5.74, 6) is 0.384. The van der Waals surface area contributed by atoms with Crippen molar-refractivity contribution >= 4 is 10.1 Å². The maximum absolute atomic E-state index is 10.7. The van der Waals surface area contributed by atoms with Crippen LogP contribution in [-0.4, -0.2) is 45.8 Å². The highest BCUT2D eigenvalue weighted by atomic mass is 32.2. The lowest BCUT2D eigenvalue weighted by Gasteiger charge is -2.12. The van der Waals surface area contributed by atoms with Gasteiger partial charge in [-0.1, -0.05) is 6.92 Å². The molecule has 1 saturated heterocycles. The molecule has 0 aliphatic carbocycles. The van der Waals surface area contributed by atoms with E-state index in [-0.39, 0.29) is 0 Å². The van der Waals surface area contributed by atoms with Gasteiger partial charge in [-0.3, -0.25) is 4.18 Å². The Morgan fingerprint density at radius 2 is 2.23 bits per heavy atom. The van der Waals surface area contributed by atoms with Crippen molar-refractivity contribution in [1.29, 1.82) is 0 Å². The highest BCUT2D eigenvalue weighted by molar-refractivity contribution is 7.85. The Bertz CT molecular complexity index is 250. The first-order chi connectivity index (χ1) is 6.01. The predicted octanol–water partition coefficient (Wildman–Crippen LogP) is 0.304. The molecule has 0 amide bonds. The van der Waals surface area contributed by atoms with E-state index < -0.39 is 10.1 Å². The van der Waals surface area contributed by atoms with Gasteiger partial charge in [0.2, 0.25) is 0 Å². The fourth-order valence-electron chi connectivity index (χ4n) is 1.56. The third-order valence-electron chi connectivity index (χ3n) is 2.34. The molecule has 1 fully saturated rings. The molecule has 0 aromatic carbocycles. The lowest BCUT2D eigenvalue weighted by atomic mass is 10.1. The van der Waals surface area contributed by atoms with Gasteiger partial charge in [-0.15, -0.1) is 0 Å². The number of likely N-dealkylation sites (tertiary alicyclic amines) is 1.